The Balaban J connectivity index is 1.86. The molecule has 2 aromatic carbocycles. The second-order valence-corrected chi connectivity index (χ2v) is 6.51. The Hall–Kier alpha value is -1.90. The lowest BCUT2D eigenvalue weighted by molar-refractivity contribution is 0.0669. The standard InChI is InChI=1S/C19H22FNO/c1-13(2)14-9-11-21(12-10-14)19(22)17-7-8-18(20)16-6-4-3-5-15(16)17/h3-8,13-14H,9-12H2,1-2H3. The molecule has 2 nitrogen and oxygen atoms in total. The molecule has 116 valence electrons. The molecule has 1 fully saturated rings. The minimum atomic E-state index is -0.273. The van der Waals surface area contributed by atoms with Crippen molar-refractivity contribution in [1.29, 1.82) is 0 Å². The molecule has 0 saturated carbocycles. The van der Waals surface area contributed by atoms with Crippen LogP contribution in [0.3, 0.4) is 0 Å². The van der Waals surface area contributed by atoms with Gasteiger partial charge in [0.05, 0.1) is 0 Å². The van der Waals surface area contributed by atoms with Crippen LogP contribution in [0.2, 0.25) is 0 Å². The summed E-state index contributed by atoms with van der Waals surface area (Å²) in [5.41, 5.74) is 0.611. The molecule has 0 aliphatic carbocycles. The number of rotatable bonds is 2. The van der Waals surface area contributed by atoms with Gasteiger partial charge in [-0.2, -0.15) is 0 Å². The number of benzene rings is 2. The van der Waals surface area contributed by atoms with Crippen molar-refractivity contribution in [1.82, 2.24) is 4.90 Å². The van der Waals surface area contributed by atoms with Crippen LogP contribution in [0.4, 0.5) is 4.39 Å². The molecule has 0 atom stereocenters. The Kier molecular flexibility index (Phi) is 4.14. The monoisotopic (exact) mass is 299 g/mol. The maximum absolute atomic E-state index is 13.9. The maximum Gasteiger partial charge on any atom is 0.254 e. The van der Waals surface area contributed by atoms with Crippen LogP contribution in [0.1, 0.15) is 37.0 Å². The van der Waals surface area contributed by atoms with E-state index in [2.05, 4.69) is 13.8 Å². The fourth-order valence-corrected chi connectivity index (χ4v) is 3.39. The van der Waals surface area contributed by atoms with Crippen molar-refractivity contribution in [3.05, 3.63) is 47.8 Å². The van der Waals surface area contributed by atoms with Crippen molar-refractivity contribution < 1.29 is 9.18 Å². The second kappa shape index (κ2) is 6.07. The molecule has 22 heavy (non-hydrogen) atoms. The quantitative estimate of drug-likeness (QED) is 0.800. The lowest BCUT2D eigenvalue weighted by Gasteiger charge is -2.34. The highest BCUT2D eigenvalue weighted by atomic mass is 19.1. The zero-order valence-corrected chi connectivity index (χ0v) is 13.2. The smallest absolute Gasteiger partial charge is 0.254 e. The van der Waals surface area contributed by atoms with E-state index in [9.17, 15) is 9.18 Å². The van der Waals surface area contributed by atoms with Gasteiger partial charge in [0.25, 0.3) is 5.91 Å². The van der Waals surface area contributed by atoms with E-state index in [1.165, 1.54) is 6.07 Å². The molecule has 1 heterocycles. The summed E-state index contributed by atoms with van der Waals surface area (Å²) in [6.07, 6.45) is 2.12. The van der Waals surface area contributed by atoms with Gasteiger partial charge in [-0.1, -0.05) is 38.1 Å². The molecule has 0 bridgehead atoms. The first-order valence-corrected chi connectivity index (χ1v) is 8.04. The van der Waals surface area contributed by atoms with E-state index in [1.807, 2.05) is 17.0 Å². The summed E-state index contributed by atoms with van der Waals surface area (Å²) in [5.74, 6) is 1.13. The van der Waals surface area contributed by atoms with Gasteiger partial charge in [-0.3, -0.25) is 4.79 Å². The topological polar surface area (TPSA) is 20.3 Å². The Bertz CT molecular complexity index is 687. The van der Waals surface area contributed by atoms with Crippen LogP contribution >= 0.6 is 0 Å². The average molecular weight is 299 g/mol. The maximum atomic E-state index is 13.9. The van der Waals surface area contributed by atoms with Gasteiger partial charge in [-0.25, -0.2) is 4.39 Å². The molecule has 3 heteroatoms. The number of fused-ring (bicyclic) bond motifs is 1. The largest absolute Gasteiger partial charge is 0.339 e. The second-order valence-electron chi connectivity index (χ2n) is 6.51. The van der Waals surface area contributed by atoms with Crippen LogP contribution in [-0.2, 0) is 0 Å². The fourth-order valence-electron chi connectivity index (χ4n) is 3.39. The number of likely N-dealkylation sites (tertiary alicyclic amines) is 1. The predicted molar refractivity (Wildman–Crippen MR) is 87.4 cm³/mol. The first-order chi connectivity index (χ1) is 10.6. The number of nitrogens with zero attached hydrogens (tertiary/aromatic N) is 1. The minimum absolute atomic E-state index is 0.0263. The summed E-state index contributed by atoms with van der Waals surface area (Å²) in [6.45, 7) is 6.09. The number of amides is 1. The van der Waals surface area contributed by atoms with E-state index in [-0.39, 0.29) is 11.7 Å². The normalized spacial score (nSPS) is 16.5. The molecule has 3 rings (SSSR count). The molecule has 1 saturated heterocycles. The third-order valence-corrected chi connectivity index (χ3v) is 4.87. The van der Waals surface area contributed by atoms with Crippen molar-refractivity contribution in [3.63, 3.8) is 0 Å². The number of piperidine rings is 1. The average Bonchev–Trinajstić information content (AvgIpc) is 2.55. The molecule has 1 aliphatic heterocycles. The minimum Gasteiger partial charge on any atom is -0.339 e. The Morgan fingerprint density at radius 3 is 2.36 bits per heavy atom. The van der Waals surface area contributed by atoms with Crippen LogP contribution in [0.15, 0.2) is 36.4 Å². The van der Waals surface area contributed by atoms with E-state index in [0.29, 0.717) is 28.2 Å². The zero-order valence-electron chi connectivity index (χ0n) is 13.2. The van der Waals surface area contributed by atoms with Crippen LogP contribution in [-0.4, -0.2) is 23.9 Å². The van der Waals surface area contributed by atoms with Crippen LogP contribution in [0, 0.1) is 17.7 Å². The van der Waals surface area contributed by atoms with E-state index in [0.717, 1.165) is 25.9 Å². The highest BCUT2D eigenvalue weighted by molar-refractivity contribution is 6.07. The number of carbonyl (C=O) groups is 1. The molecule has 0 spiro atoms. The SMILES string of the molecule is CC(C)C1CCN(C(=O)c2ccc(F)c3ccccc23)CC1. The van der Waals surface area contributed by atoms with Gasteiger partial charge in [-0.15, -0.1) is 0 Å². The summed E-state index contributed by atoms with van der Waals surface area (Å²) in [6, 6.07) is 10.2. The van der Waals surface area contributed by atoms with Gasteiger partial charge >= 0.3 is 0 Å². The first-order valence-electron chi connectivity index (χ1n) is 8.04. The molecular formula is C19H22FNO. The third-order valence-electron chi connectivity index (χ3n) is 4.87. The van der Waals surface area contributed by atoms with Crippen molar-refractivity contribution in [2.45, 2.75) is 26.7 Å². The molecule has 1 aliphatic rings. The lowest BCUT2D eigenvalue weighted by Crippen LogP contribution is -2.39. The third kappa shape index (κ3) is 2.72. The van der Waals surface area contributed by atoms with E-state index < -0.39 is 0 Å². The molecule has 0 aromatic heterocycles. The summed E-state index contributed by atoms with van der Waals surface area (Å²) < 4.78 is 13.9. The van der Waals surface area contributed by atoms with E-state index in [4.69, 9.17) is 0 Å². The Labute approximate surface area is 130 Å². The Morgan fingerprint density at radius 1 is 1.09 bits per heavy atom. The first kappa shape index (κ1) is 15.0. The van der Waals surface area contributed by atoms with Crippen molar-refractivity contribution in [2.75, 3.05) is 13.1 Å². The molecule has 0 unspecified atom stereocenters. The molecule has 1 amide bonds. The van der Waals surface area contributed by atoms with Crippen molar-refractivity contribution in [3.8, 4) is 0 Å². The van der Waals surface area contributed by atoms with Gasteiger partial charge in [0, 0.05) is 24.0 Å². The van der Waals surface area contributed by atoms with Crippen LogP contribution in [0.5, 0.6) is 0 Å². The molecule has 0 radical (unpaired) electrons. The van der Waals surface area contributed by atoms with Crippen molar-refractivity contribution in [2.24, 2.45) is 11.8 Å². The molecular weight excluding hydrogens is 277 g/mol. The summed E-state index contributed by atoms with van der Waals surface area (Å²) in [7, 11) is 0. The zero-order chi connectivity index (χ0) is 15.7. The van der Waals surface area contributed by atoms with Gasteiger partial charge in [0.1, 0.15) is 5.82 Å². The van der Waals surface area contributed by atoms with Gasteiger partial charge in [0.2, 0.25) is 0 Å². The van der Waals surface area contributed by atoms with Gasteiger partial charge in [0.15, 0.2) is 0 Å². The summed E-state index contributed by atoms with van der Waals surface area (Å²) in [5, 5.41) is 1.23. The van der Waals surface area contributed by atoms with Crippen LogP contribution in [0.25, 0.3) is 10.8 Å². The number of hydrogen-bond acceptors (Lipinski definition) is 1. The fraction of sp³-hybridized carbons (Fsp3) is 0.421. The number of halogens is 1. The number of hydrogen-bond donors (Lipinski definition) is 0. The Morgan fingerprint density at radius 2 is 1.73 bits per heavy atom. The highest BCUT2D eigenvalue weighted by Crippen LogP contribution is 2.27. The predicted octanol–water partition coefficient (Wildman–Crippen LogP) is 4.49. The van der Waals surface area contributed by atoms with E-state index in [1.54, 1.807) is 18.2 Å². The van der Waals surface area contributed by atoms with E-state index >= 15 is 0 Å². The van der Waals surface area contributed by atoms with Gasteiger partial charge in [-0.05, 0) is 42.2 Å². The molecule has 2 aromatic rings. The summed E-state index contributed by atoms with van der Waals surface area (Å²) >= 11 is 0. The molecule has 0 N–H and O–H groups in total. The highest BCUT2D eigenvalue weighted by Gasteiger charge is 2.26. The van der Waals surface area contributed by atoms with Crippen LogP contribution < -0.4 is 0 Å². The summed E-state index contributed by atoms with van der Waals surface area (Å²) in [4.78, 5) is 14.7. The number of carbonyl (C=O) groups excluding carboxylic acids is 1. The van der Waals surface area contributed by atoms with Gasteiger partial charge < -0.3 is 4.90 Å². The van der Waals surface area contributed by atoms with Crippen molar-refractivity contribution >= 4 is 16.7 Å². The lowest BCUT2D eigenvalue weighted by atomic mass is 9.86.